The molecule has 0 bridgehead atoms. The fourth-order valence-electron chi connectivity index (χ4n) is 2.23. The lowest BCUT2D eigenvalue weighted by atomic mass is 9.91. The first kappa shape index (κ1) is 11.8. The van der Waals surface area contributed by atoms with Gasteiger partial charge >= 0.3 is 0 Å². The van der Waals surface area contributed by atoms with E-state index < -0.39 is 0 Å². The molecule has 2 rings (SSSR count). The molecule has 0 radical (unpaired) electrons. The maximum atomic E-state index is 5.82. The number of hydrogen-bond donors (Lipinski definition) is 0. The first-order valence-electron chi connectivity index (χ1n) is 5.74. The number of halogens is 1. The standard InChI is InChI=1S/C12H17ClN2O/c1-8-11(9(2)15-12(13)14-8)7-10-3-5-16-6-4-10/h10H,3-7H2,1-2H3. The summed E-state index contributed by atoms with van der Waals surface area (Å²) >= 11 is 5.82. The molecular weight excluding hydrogens is 224 g/mol. The zero-order valence-corrected chi connectivity index (χ0v) is 10.5. The Hall–Kier alpha value is -0.670. The minimum Gasteiger partial charge on any atom is -0.381 e. The molecule has 0 spiro atoms. The van der Waals surface area contributed by atoms with Crippen LogP contribution < -0.4 is 0 Å². The van der Waals surface area contributed by atoms with E-state index in [1.807, 2.05) is 13.8 Å². The number of ether oxygens (including phenoxy) is 1. The first-order chi connectivity index (χ1) is 7.66. The summed E-state index contributed by atoms with van der Waals surface area (Å²) in [6.07, 6.45) is 3.33. The average molecular weight is 241 g/mol. The molecule has 1 aromatic heterocycles. The molecule has 0 aliphatic carbocycles. The lowest BCUT2D eigenvalue weighted by Gasteiger charge is -2.23. The largest absolute Gasteiger partial charge is 0.381 e. The molecule has 0 unspecified atom stereocenters. The van der Waals surface area contributed by atoms with Crippen LogP contribution in [0.15, 0.2) is 0 Å². The number of rotatable bonds is 2. The van der Waals surface area contributed by atoms with Gasteiger partial charge in [0.15, 0.2) is 0 Å². The Morgan fingerprint density at radius 1 is 1.19 bits per heavy atom. The van der Waals surface area contributed by atoms with Crippen molar-refractivity contribution >= 4 is 11.6 Å². The monoisotopic (exact) mass is 240 g/mol. The van der Waals surface area contributed by atoms with E-state index in [2.05, 4.69) is 9.97 Å². The molecule has 1 aliphatic rings. The van der Waals surface area contributed by atoms with Crippen LogP contribution in [0.2, 0.25) is 5.28 Å². The Morgan fingerprint density at radius 2 is 1.75 bits per heavy atom. The topological polar surface area (TPSA) is 35.0 Å². The van der Waals surface area contributed by atoms with Gasteiger partial charge in [-0.15, -0.1) is 0 Å². The molecule has 16 heavy (non-hydrogen) atoms. The maximum Gasteiger partial charge on any atom is 0.222 e. The van der Waals surface area contributed by atoms with Gasteiger partial charge in [-0.2, -0.15) is 0 Å². The highest BCUT2D eigenvalue weighted by atomic mass is 35.5. The van der Waals surface area contributed by atoms with Crippen LogP contribution in [-0.2, 0) is 11.2 Å². The first-order valence-corrected chi connectivity index (χ1v) is 6.12. The fraction of sp³-hybridized carbons (Fsp3) is 0.667. The fourth-order valence-corrected chi connectivity index (χ4v) is 2.49. The Morgan fingerprint density at radius 3 is 2.31 bits per heavy atom. The van der Waals surface area contributed by atoms with E-state index in [1.165, 1.54) is 5.56 Å². The van der Waals surface area contributed by atoms with Gasteiger partial charge in [0.05, 0.1) is 0 Å². The molecule has 3 nitrogen and oxygen atoms in total. The second kappa shape index (κ2) is 5.11. The summed E-state index contributed by atoms with van der Waals surface area (Å²) in [7, 11) is 0. The number of aromatic nitrogens is 2. The zero-order chi connectivity index (χ0) is 11.5. The van der Waals surface area contributed by atoms with Crippen molar-refractivity contribution in [3.8, 4) is 0 Å². The van der Waals surface area contributed by atoms with E-state index in [-0.39, 0.29) is 0 Å². The minimum atomic E-state index is 0.353. The van der Waals surface area contributed by atoms with Gasteiger partial charge in [0.2, 0.25) is 5.28 Å². The molecular formula is C12H17ClN2O. The van der Waals surface area contributed by atoms with Crippen molar-refractivity contribution in [1.82, 2.24) is 9.97 Å². The van der Waals surface area contributed by atoms with Gasteiger partial charge in [-0.05, 0) is 56.2 Å². The van der Waals surface area contributed by atoms with Crippen LogP contribution in [0.3, 0.4) is 0 Å². The summed E-state index contributed by atoms with van der Waals surface area (Å²) in [5.74, 6) is 0.705. The van der Waals surface area contributed by atoms with Crippen LogP contribution >= 0.6 is 11.6 Å². The molecule has 0 aromatic carbocycles. The quantitative estimate of drug-likeness (QED) is 0.746. The van der Waals surface area contributed by atoms with E-state index in [0.29, 0.717) is 11.2 Å². The minimum absolute atomic E-state index is 0.353. The van der Waals surface area contributed by atoms with Crippen LogP contribution in [0, 0.1) is 19.8 Å². The second-order valence-electron chi connectivity index (χ2n) is 4.40. The van der Waals surface area contributed by atoms with E-state index in [9.17, 15) is 0 Å². The summed E-state index contributed by atoms with van der Waals surface area (Å²) in [6, 6.07) is 0. The third kappa shape index (κ3) is 2.71. The summed E-state index contributed by atoms with van der Waals surface area (Å²) in [5.41, 5.74) is 3.30. The Kier molecular flexibility index (Phi) is 3.77. The van der Waals surface area contributed by atoms with Gasteiger partial charge in [-0.3, -0.25) is 0 Å². The molecule has 2 heterocycles. The van der Waals surface area contributed by atoms with Crippen molar-refractivity contribution < 1.29 is 4.74 Å². The predicted molar refractivity (Wildman–Crippen MR) is 63.8 cm³/mol. The molecule has 0 atom stereocenters. The van der Waals surface area contributed by atoms with Crippen molar-refractivity contribution in [1.29, 1.82) is 0 Å². The van der Waals surface area contributed by atoms with E-state index in [1.54, 1.807) is 0 Å². The number of aryl methyl sites for hydroxylation is 2. The van der Waals surface area contributed by atoms with Crippen molar-refractivity contribution in [2.75, 3.05) is 13.2 Å². The van der Waals surface area contributed by atoms with Gasteiger partial charge in [-0.1, -0.05) is 0 Å². The van der Waals surface area contributed by atoms with E-state index >= 15 is 0 Å². The Labute approximate surface area is 101 Å². The smallest absolute Gasteiger partial charge is 0.222 e. The molecule has 1 aromatic rings. The van der Waals surface area contributed by atoms with Crippen molar-refractivity contribution in [2.45, 2.75) is 33.1 Å². The lowest BCUT2D eigenvalue weighted by Crippen LogP contribution is -2.19. The zero-order valence-electron chi connectivity index (χ0n) is 9.79. The molecule has 0 amide bonds. The van der Waals surface area contributed by atoms with Crippen molar-refractivity contribution in [2.24, 2.45) is 5.92 Å². The number of nitrogens with zero attached hydrogens (tertiary/aromatic N) is 2. The van der Waals surface area contributed by atoms with Crippen LogP contribution in [0.25, 0.3) is 0 Å². The van der Waals surface area contributed by atoms with Gasteiger partial charge in [0, 0.05) is 24.6 Å². The van der Waals surface area contributed by atoms with Gasteiger partial charge in [-0.25, -0.2) is 9.97 Å². The normalized spacial score (nSPS) is 17.7. The van der Waals surface area contributed by atoms with Gasteiger partial charge in [0.1, 0.15) is 0 Å². The highest BCUT2D eigenvalue weighted by molar-refractivity contribution is 6.28. The molecule has 88 valence electrons. The summed E-state index contributed by atoms with van der Waals surface area (Å²) < 4.78 is 5.36. The molecule has 1 fully saturated rings. The third-order valence-electron chi connectivity index (χ3n) is 3.23. The third-order valence-corrected chi connectivity index (χ3v) is 3.40. The van der Waals surface area contributed by atoms with Gasteiger partial charge in [0.25, 0.3) is 0 Å². The van der Waals surface area contributed by atoms with Crippen molar-refractivity contribution in [3.05, 3.63) is 22.2 Å². The maximum absolute atomic E-state index is 5.82. The van der Waals surface area contributed by atoms with E-state index in [0.717, 1.165) is 43.9 Å². The highest BCUT2D eigenvalue weighted by Gasteiger charge is 2.17. The van der Waals surface area contributed by atoms with Gasteiger partial charge < -0.3 is 4.74 Å². The summed E-state index contributed by atoms with van der Waals surface area (Å²) in [6.45, 7) is 5.79. The van der Waals surface area contributed by atoms with Crippen LogP contribution in [-0.4, -0.2) is 23.2 Å². The average Bonchev–Trinajstić information content (AvgIpc) is 2.25. The van der Waals surface area contributed by atoms with Crippen LogP contribution in [0.4, 0.5) is 0 Å². The SMILES string of the molecule is Cc1nc(Cl)nc(C)c1CC1CCOCC1. The Balaban J connectivity index is 2.14. The van der Waals surface area contributed by atoms with Crippen LogP contribution in [0.1, 0.15) is 29.8 Å². The Bertz CT molecular complexity index is 352. The molecule has 1 saturated heterocycles. The summed E-state index contributed by atoms with van der Waals surface area (Å²) in [4.78, 5) is 8.45. The van der Waals surface area contributed by atoms with E-state index in [4.69, 9.17) is 16.3 Å². The molecule has 0 saturated carbocycles. The highest BCUT2D eigenvalue weighted by Crippen LogP contribution is 2.23. The number of hydrogen-bond acceptors (Lipinski definition) is 3. The predicted octanol–water partition coefficient (Wildman–Crippen LogP) is 2.72. The summed E-state index contributed by atoms with van der Waals surface area (Å²) in [5, 5.41) is 0.353. The molecule has 4 heteroatoms. The van der Waals surface area contributed by atoms with Crippen LogP contribution in [0.5, 0.6) is 0 Å². The van der Waals surface area contributed by atoms with Crippen molar-refractivity contribution in [3.63, 3.8) is 0 Å². The second-order valence-corrected chi connectivity index (χ2v) is 4.74. The lowest BCUT2D eigenvalue weighted by molar-refractivity contribution is 0.0664. The molecule has 1 aliphatic heterocycles. The molecule has 0 N–H and O–H groups in total.